The van der Waals surface area contributed by atoms with E-state index in [0.29, 0.717) is 19.0 Å². The van der Waals surface area contributed by atoms with Crippen LogP contribution in [0.15, 0.2) is 60.9 Å². The topological polar surface area (TPSA) is 62.3 Å². The molecular formula is C24H27N3O2. The van der Waals surface area contributed by atoms with E-state index in [4.69, 9.17) is 0 Å². The molecule has 1 saturated carbocycles. The molecule has 2 aliphatic rings. The standard InChI is InChI=1S/C24H27N3O2/c28-23(9-8-18-5-2-1-3-6-18)27-14-11-20-15-21(22(20)17-27)24(29)26-13-10-19-7-4-12-25-16-19/h1-9,12,16,20-22H,10-11,13-15,17H2,(H,26,29)/b9-8+/t20-,21-,22-/m1/s1. The third-order valence-corrected chi connectivity index (χ3v) is 6.18. The smallest absolute Gasteiger partial charge is 0.246 e. The van der Waals surface area contributed by atoms with Gasteiger partial charge in [0.1, 0.15) is 0 Å². The summed E-state index contributed by atoms with van der Waals surface area (Å²) in [4.78, 5) is 31.2. The predicted molar refractivity (Wildman–Crippen MR) is 113 cm³/mol. The average molecular weight is 389 g/mol. The van der Waals surface area contributed by atoms with E-state index in [-0.39, 0.29) is 23.7 Å². The van der Waals surface area contributed by atoms with Crippen LogP contribution in [0.3, 0.4) is 0 Å². The van der Waals surface area contributed by atoms with Crippen LogP contribution in [0, 0.1) is 17.8 Å². The molecule has 1 N–H and O–H groups in total. The number of pyridine rings is 1. The molecular weight excluding hydrogens is 362 g/mol. The number of rotatable bonds is 6. The molecule has 29 heavy (non-hydrogen) atoms. The van der Waals surface area contributed by atoms with Crippen LogP contribution in [0.1, 0.15) is 24.0 Å². The number of aromatic nitrogens is 1. The Hall–Kier alpha value is -2.95. The minimum atomic E-state index is 0.0302. The fraction of sp³-hybridized carbons (Fsp3) is 0.375. The Labute approximate surface area is 171 Å². The highest BCUT2D eigenvalue weighted by Crippen LogP contribution is 2.45. The second-order valence-corrected chi connectivity index (χ2v) is 7.99. The molecule has 5 heteroatoms. The molecule has 0 spiro atoms. The van der Waals surface area contributed by atoms with Gasteiger partial charge in [-0.1, -0.05) is 36.4 Å². The Bertz CT molecular complexity index is 866. The molecule has 1 aromatic heterocycles. The lowest BCUT2D eigenvalue weighted by Gasteiger charge is -2.50. The summed E-state index contributed by atoms with van der Waals surface area (Å²) >= 11 is 0. The molecule has 150 valence electrons. The van der Waals surface area contributed by atoms with Crippen molar-refractivity contribution in [3.63, 3.8) is 0 Å². The minimum absolute atomic E-state index is 0.0302. The van der Waals surface area contributed by atoms with E-state index in [0.717, 1.165) is 36.9 Å². The normalized spacial score (nSPS) is 23.3. The van der Waals surface area contributed by atoms with Crippen molar-refractivity contribution in [3.8, 4) is 0 Å². The summed E-state index contributed by atoms with van der Waals surface area (Å²) in [5.74, 6) is 1.06. The van der Waals surface area contributed by atoms with E-state index in [1.807, 2.05) is 59.6 Å². The van der Waals surface area contributed by atoms with Crippen LogP contribution in [0.25, 0.3) is 6.08 Å². The monoisotopic (exact) mass is 389 g/mol. The largest absolute Gasteiger partial charge is 0.356 e. The molecule has 0 radical (unpaired) electrons. The summed E-state index contributed by atoms with van der Waals surface area (Å²) in [7, 11) is 0. The highest BCUT2D eigenvalue weighted by molar-refractivity contribution is 5.92. The minimum Gasteiger partial charge on any atom is -0.356 e. The molecule has 0 bridgehead atoms. The number of fused-ring (bicyclic) bond motifs is 1. The first-order valence-corrected chi connectivity index (χ1v) is 10.4. The third-order valence-electron chi connectivity index (χ3n) is 6.18. The molecule has 5 nitrogen and oxygen atoms in total. The maximum atomic E-state index is 12.6. The van der Waals surface area contributed by atoms with Crippen LogP contribution < -0.4 is 5.32 Å². The molecule has 0 unspecified atom stereocenters. The number of nitrogens with zero attached hydrogens (tertiary/aromatic N) is 2. The molecule has 4 rings (SSSR count). The Morgan fingerprint density at radius 3 is 2.83 bits per heavy atom. The van der Waals surface area contributed by atoms with Crippen LogP contribution in [-0.2, 0) is 16.0 Å². The van der Waals surface area contributed by atoms with E-state index in [9.17, 15) is 9.59 Å². The van der Waals surface area contributed by atoms with Crippen molar-refractivity contribution >= 4 is 17.9 Å². The van der Waals surface area contributed by atoms with Gasteiger partial charge in [-0.2, -0.15) is 0 Å². The average Bonchev–Trinajstić information content (AvgIpc) is 2.74. The van der Waals surface area contributed by atoms with E-state index < -0.39 is 0 Å². The quantitative estimate of drug-likeness (QED) is 0.773. The van der Waals surface area contributed by atoms with Crippen LogP contribution in [-0.4, -0.2) is 41.3 Å². The lowest BCUT2D eigenvalue weighted by atomic mass is 9.61. The van der Waals surface area contributed by atoms with Gasteiger partial charge < -0.3 is 10.2 Å². The molecule has 2 heterocycles. The van der Waals surface area contributed by atoms with Crippen LogP contribution in [0.4, 0.5) is 0 Å². The molecule has 2 aromatic rings. The molecule has 1 saturated heterocycles. The maximum Gasteiger partial charge on any atom is 0.246 e. The number of nitrogens with one attached hydrogen (secondary N) is 1. The van der Waals surface area contributed by atoms with E-state index >= 15 is 0 Å². The number of carbonyl (C=O) groups is 2. The molecule has 2 amide bonds. The summed E-state index contributed by atoms with van der Waals surface area (Å²) < 4.78 is 0. The van der Waals surface area contributed by atoms with Gasteiger partial charge in [0, 0.05) is 44.0 Å². The Kier molecular flexibility index (Phi) is 6.03. The van der Waals surface area contributed by atoms with Crippen molar-refractivity contribution in [2.24, 2.45) is 17.8 Å². The second kappa shape index (κ2) is 9.03. The zero-order valence-corrected chi connectivity index (χ0v) is 16.5. The number of amides is 2. The summed E-state index contributed by atoms with van der Waals surface area (Å²) in [6.07, 6.45) is 9.83. The van der Waals surface area contributed by atoms with Gasteiger partial charge >= 0.3 is 0 Å². The highest BCUT2D eigenvalue weighted by Gasteiger charge is 2.47. The zero-order chi connectivity index (χ0) is 20.1. The zero-order valence-electron chi connectivity index (χ0n) is 16.5. The first kappa shape index (κ1) is 19.4. The van der Waals surface area contributed by atoms with Crippen molar-refractivity contribution in [1.82, 2.24) is 15.2 Å². The summed E-state index contributed by atoms with van der Waals surface area (Å²) in [6, 6.07) is 13.8. The highest BCUT2D eigenvalue weighted by atomic mass is 16.2. The van der Waals surface area contributed by atoms with Crippen LogP contribution >= 0.6 is 0 Å². The number of benzene rings is 1. The Balaban J connectivity index is 1.26. The van der Waals surface area contributed by atoms with Gasteiger partial charge in [0.25, 0.3) is 0 Å². The van der Waals surface area contributed by atoms with E-state index in [2.05, 4.69) is 10.3 Å². The summed E-state index contributed by atoms with van der Waals surface area (Å²) in [5, 5.41) is 3.07. The van der Waals surface area contributed by atoms with E-state index in [1.165, 1.54) is 0 Å². The lowest BCUT2D eigenvalue weighted by Crippen LogP contribution is -2.56. The molecule has 1 aliphatic carbocycles. The Morgan fingerprint density at radius 1 is 1.17 bits per heavy atom. The van der Waals surface area contributed by atoms with Crippen LogP contribution in [0.5, 0.6) is 0 Å². The number of hydrogen-bond acceptors (Lipinski definition) is 3. The van der Waals surface area contributed by atoms with Gasteiger partial charge in [-0.3, -0.25) is 14.6 Å². The van der Waals surface area contributed by atoms with Crippen molar-refractivity contribution in [2.75, 3.05) is 19.6 Å². The second-order valence-electron chi connectivity index (χ2n) is 7.99. The predicted octanol–water partition coefficient (Wildman–Crippen LogP) is 2.94. The number of hydrogen-bond donors (Lipinski definition) is 1. The fourth-order valence-electron chi connectivity index (χ4n) is 4.43. The molecule has 2 fully saturated rings. The third kappa shape index (κ3) is 4.73. The summed E-state index contributed by atoms with van der Waals surface area (Å²) in [5.41, 5.74) is 2.14. The van der Waals surface area contributed by atoms with Gasteiger partial charge in [-0.15, -0.1) is 0 Å². The molecule has 3 atom stereocenters. The van der Waals surface area contributed by atoms with Crippen LogP contribution in [0.2, 0.25) is 0 Å². The molecule has 1 aliphatic heterocycles. The van der Waals surface area contributed by atoms with Gasteiger partial charge in [-0.05, 0) is 54.4 Å². The first-order chi connectivity index (χ1) is 14.2. The number of piperidine rings is 1. The van der Waals surface area contributed by atoms with Gasteiger partial charge in [0.2, 0.25) is 11.8 Å². The number of likely N-dealkylation sites (tertiary alicyclic amines) is 1. The van der Waals surface area contributed by atoms with Crippen molar-refractivity contribution < 1.29 is 9.59 Å². The van der Waals surface area contributed by atoms with Crippen molar-refractivity contribution in [1.29, 1.82) is 0 Å². The SMILES string of the molecule is O=C(NCCc1cccnc1)[C@@H]1C[C@H]2CCN(C(=O)/C=C/c3ccccc3)C[C@H]21. The fourth-order valence-corrected chi connectivity index (χ4v) is 4.43. The first-order valence-electron chi connectivity index (χ1n) is 10.4. The van der Waals surface area contributed by atoms with Gasteiger partial charge in [0.15, 0.2) is 0 Å². The Morgan fingerprint density at radius 2 is 2.03 bits per heavy atom. The van der Waals surface area contributed by atoms with Gasteiger partial charge in [0.05, 0.1) is 0 Å². The number of carbonyl (C=O) groups excluding carboxylic acids is 2. The van der Waals surface area contributed by atoms with Crippen molar-refractivity contribution in [3.05, 3.63) is 72.1 Å². The van der Waals surface area contributed by atoms with Gasteiger partial charge in [-0.25, -0.2) is 0 Å². The molecule has 1 aromatic carbocycles. The van der Waals surface area contributed by atoms with E-state index in [1.54, 1.807) is 12.3 Å². The maximum absolute atomic E-state index is 12.6. The van der Waals surface area contributed by atoms with Crippen molar-refractivity contribution in [2.45, 2.75) is 19.3 Å². The lowest BCUT2D eigenvalue weighted by molar-refractivity contribution is -0.142. The summed E-state index contributed by atoms with van der Waals surface area (Å²) in [6.45, 7) is 2.10.